The van der Waals surface area contributed by atoms with Crippen LogP contribution in [-0.4, -0.2) is 48.8 Å². The molecule has 4 N–H and O–H groups in total. The lowest BCUT2D eigenvalue weighted by Gasteiger charge is -2.36. The summed E-state index contributed by atoms with van der Waals surface area (Å²) in [7, 11) is 1.24. The van der Waals surface area contributed by atoms with Gasteiger partial charge in [-0.05, 0) is 22.3 Å². The molecule has 0 aliphatic heterocycles. The minimum atomic E-state index is -1.36. The number of benzene rings is 4. The van der Waals surface area contributed by atoms with E-state index in [9.17, 15) is 19.2 Å². The molecule has 3 amide bonds. The van der Waals surface area contributed by atoms with Gasteiger partial charge in [0.1, 0.15) is 18.7 Å². The average Bonchev–Trinajstić information content (AvgIpc) is 3.08. The molecular weight excluding hydrogens is 590 g/mol. The van der Waals surface area contributed by atoms with Crippen molar-refractivity contribution in [1.82, 2.24) is 10.6 Å². The molecule has 4 aromatic rings. The van der Waals surface area contributed by atoms with E-state index < -0.39 is 47.1 Å². The number of nitrogens with two attached hydrogens (primary N) is 1. The van der Waals surface area contributed by atoms with Gasteiger partial charge >= 0.3 is 12.1 Å². The fourth-order valence-electron chi connectivity index (χ4n) is 4.86. The standard InChI is InChI=1S/C35H35N3O6S/c1-43-33(41)30(37-31(39)22-29(32(36)40)38-34(42)44-23-25-14-6-2-7-15-25)24-45-35(26-16-8-3-9-17-26,27-18-10-4-11-19-27)28-20-12-5-13-21-28/h2-21,29-30H,22-24H2,1H3,(H2,36,40)(H,37,39)(H,38,42)/t29-,30-/m1/s1. The highest BCUT2D eigenvalue weighted by atomic mass is 32.2. The van der Waals surface area contributed by atoms with Crippen LogP contribution in [0.15, 0.2) is 121 Å². The number of esters is 1. The van der Waals surface area contributed by atoms with Crippen molar-refractivity contribution in [2.75, 3.05) is 12.9 Å². The van der Waals surface area contributed by atoms with Crippen molar-refractivity contribution in [2.45, 2.75) is 29.9 Å². The SMILES string of the molecule is COC(=O)[C@@H](CSC(c1ccccc1)(c1ccccc1)c1ccccc1)NC(=O)C[C@@H](NC(=O)OCc1ccccc1)C(N)=O. The number of methoxy groups -OCH3 is 1. The lowest BCUT2D eigenvalue weighted by atomic mass is 9.84. The lowest BCUT2D eigenvalue weighted by Crippen LogP contribution is -2.50. The lowest BCUT2D eigenvalue weighted by molar-refractivity contribution is -0.144. The molecule has 0 saturated heterocycles. The van der Waals surface area contributed by atoms with E-state index in [2.05, 4.69) is 10.6 Å². The quantitative estimate of drug-likeness (QED) is 0.138. The monoisotopic (exact) mass is 625 g/mol. The molecule has 0 fully saturated rings. The molecular formula is C35H35N3O6S. The maximum Gasteiger partial charge on any atom is 0.408 e. The summed E-state index contributed by atoms with van der Waals surface area (Å²) in [4.78, 5) is 50.6. The molecule has 10 heteroatoms. The van der Waals surface area contributed by atoms with Gasteiger partial charge in [-0.15, -0.1) is 11.8 Å². The Morgan fingerprint density at radius 1 is 0.711 bits per heavy atom. The van der Waals surface area contributed by atoms with Gasteiger partial charge in [0.15, 0.2) is 0 Å². The Kier molecular flexibility index (Phi) is 11.8. The molecule has 0 radical (unpaired) electrons. The van der Waals surface area contributed by atoms with E-state index in [0.29, 0.717) is 0 Å². The predicted molar refractivity (Wildman–Crippen MR) is 173 cm³/mol. The van der Waals surface area contributed by atoms with Crippen molar-refractivity contribution in [3.05, 3.63) is 144 Å². The molecule has 0 heterocycles. The van der Waals surface area contributed by atoms with Gasteiger partial charge in [0, 0.05) is 5.75 Å². The molecule has 0 unspecified atom stereocenters. The van der Waals surface area contributed by atoms with E-state index >= 15 is 0 Å². The third-order valence-corrected chi connectivity index (χ3v) is 8.71. The van der Waals surface area contributed by atoms with Crippen LogP contribution in [-0.2, 0) is 35.2 Å². The summed E-state index contributed by atoms with van der Waals surface area (Å²) in [5.74, 6) is -2.15. The first-order valence-electron chi connectivity index (χ1n) is 14.3. The summed E-state index contributed by atoms with van der Waals surface area (Å²) in [6, 6.07) is 36.2. The number of thioether (sulfide) groups is 1. The molecule has 0 saturated carbocycles. The molecule has 0 aliphatic rings. The Hall–Kier alpha value is -5.09. The highest BCUT2D eigenvalue weighted by Crippen LogP contribution is 2.48. The van der Waals surface area contributed by atoms with Gasteiger partial charge in [0.05, 0.1) is 18.3 Å². The van der Waals surface area contributed by atoms with Crippen LogP contribution in [0.1, 0.15) is 28.7 Å². The first-order chi connectivity index (χ1) is 21.8. The smallest absolute Gasteiger partial charge is 0.408 e. The second kappa shape index (κ2) is 16.1. The number of hydrogen-bond donors (Lipinski definition) is 3. The Balaban J connectivity index is 1.53. The summed E-state index contributed by atoms with van der Waals surface area (Å²) < 4.78 is 9.45. The maximum atomic E-state index is 13.2. The first-order valence-corrected chi connectivity index (χ1v) is 15.3. The Bertz CT molecular complexity index is 1460. The van der Waals surface area contributed by atoms with Crippen LogP contribution in [0.3, 0.4) is 0 Å². The summed E-state index contributed by atoms with van der Waals surface area (Å²) in [5, 5.41) is 5.01. The van der Waals surface area contributed by atoms with E-state index in [0.717, 1.165) is 22.3 Å². The van der Waals surface area contributed by atoms with Gasteiger partial charge in [0.25, 0.3) is 0 Å². The van der Waals surface area contributed by atoms with Crippen LogP contribution >= 0.6 is 11.8 Å². The van der Waals surface area contributed by atoms with Gasteiger partial charge in [-0.3, -0.25) is 9.59 Å². The van der Waals surface area contributed by atoms with E-state index in [1.54, 1.807) is 24.3 Å². The minimum absolute atomic E-state index is 0.0298. The highest BCUT2D eigenvalue weighted by Gasteiger charge is 2.39. The second-order valence-corrected chi connectivity index (χ2v) is 11.3. The van der Waals surface area contributed by atoms with E-state index in [-0.39, 0.29) is 12.4 Å². The van der Waals surface area contributed by atoms with E-state index in [1.165, 1.54) is 18.9 Å². The fourth-order valence-corrected chi connectivity index (χ4v) is 6.40. The highest BCUT2D eigenvalue weighted by molar-refractivity contribution is 8.00. The molecule has 0 spiro atoms. The van der Waals surface area contributed by atoms with E-state index in [4.69, 9.17) is 15.2 Å². The van der Waals surface area contributed by atoms with Crippen LogP contribution < -0.4 is 16.4 Å². The Morgan fingerprint density at radius 3 is 1.62 bits per heavy atom. The largest absolute Gasteiger partial charge is 0.467 e. The zero-order valence-corrected chi connectivity index (χ0v) is 25.6. The summed E-state index contributed by atoms with van der Waals surface area (Å²) in [5.41, 5.74) is 9.17. The van der Waals surface area contributed by atoms with Gasteiger partial charge in [0.2, 0.25) is 11.8 Å². The molecule has 2 atom stereocenters. The molecule has 0 bridgehead atoms. The van der Waals surface area contributed by atoms with Crippen LogP contribution in [0.4, 0.5) is 4.79 Å². The normalized spacial score (nSPS) is 12.3. The van der Waals surface area contributed by atoms with Crippen molar-refractivity contribution in [3.8, 4) is 0 Å². The fraction of sp³-hybridized carbons (Fsp3) is 0.200. The molecule has 0 aliphatic carbocycles. The predicted octanol–water partition coefficient (Wildman–Crippen LogP) is 4.54. The number of carbonyl (C=O) groups excluding carboxylic acids is 4. The minimum Gasteiger partial charge on any atom is -0.467 e. The number of ether oxygens (including phenoxy) is 2. The first kappa shape index (κ1) is 32.8. The summed E-state index contributed by atoms with van der Waals surface area (Å²) >= 11 is 1.47. The molecule has 0 aromatic heterocycles. The van der Waals surface area contributed by atoms with Gasteiger partial charge in [-0.2, -0.15) is 0 Å². The third kappa shape index (κ3) is 8.73. The van der Waals surface area contributed by atoms with Crippen molar-refractivity contribution >= 4 is 35.6 Å². The number of carbonyl (C=O) groups is 4. The topological polar surface area (TPSA) is 137 Å². The Morgan fingerprint density at radius 2 is 1.18 bits per heavy atom. The molecule has 45 heavy (non-hydrogen) atoms. The van der Waals surface area contributed by atoms with Crippen LogP contribution in [0.5, 0.6) is 0 Å². The molecule has 4 rings (SSSR count). The van der Waals surface area contributed by atoms with Crippen LogP contribution in [0.2, 0.25) is 0 Å². The number of nitrogens with one attached hydrogen (secondary N) is 2. The molecule has 4 aromatic carbocycles. The van der Waals surface area contributed by atoms with Gasteiger partial charge in [-0.25, -0.2) is 9.59 Å². The van der Waals surface area contributed by atoms with E-state index in [1.807, 2.05) is 97.1 Å². The second-order valence-electron chi connectivity index (χ2n) is 10.1. The number of primary amides is 1. The average molecular weight is 626 g/mol. The zero-order chi connectivity index (χ0) is 32.1. The number of alkyl carbamates (subject to hydrolysis) is 1. The third-order valence-electron chi connectivity index (χ3n) is 7.07. The maximum absolute atomic E-state index is 13.2. The molecule has 232 valence electrons. The van der Waals surface area contributed by atoms with Crippen molar-refractivity contribution in [3.63, 3.8) is 0 Å². The summed E-state index contributed by atoms with van der Waals surface area (Å²) in [6.45, 7) is -0.0298. The number of amides is 3. The molecule has 9 nitrogen and oxygen atoms in total. The van der Waals surface area contributed by atoms with Crippen molar-refractivity contribution < 1.29 is 28.7 Å². The zero-order valence-electron chi connectivity index (χ0n) is 24.8. The number of hydrogen-bond acceptors (Lipinski definition) is 7. The van der Waals surface area contributed by atoms with Crippen molar-refractivity contribution in [1.29, 1.82) is 0 Å². The van der Waals surface area contributed by atoms with Gasteiger partial charge < -0.3 is 25.8 Å². The number of rotatable bonds is 14. The Labute approximate surface area is 266 Å². The van der Waals surface area contributed by atoms with Crippen molar-refractivity contribution in [2.24, 2.45) is 5.73 Å². The van der Waals surface area contributed by atoms with Crippen LogP contribution in [0, 0.1) is 0 Å². The van der Waals surface area contributed by atoms with Crippen LogP contribution in [0.25, 0.3) is 0 Å². The van der Waals surface area contributed by atoms with Gasteiger partial charge in [-0.1, -0.05) is 121 Å². The summed E-state index contributed by atoms with van der Waals surface area (Å²) in [6.07, 6.45) is -1.41.